The first-order valence-electron chi connectivity index (χ1n) is 5.51. The van der Waals surface area contributed by atoms with Crippen molar-refractivity contribution in [2.45, 2.75) is 12.5 Å². The highest BCUT2D eigenvalue weighted by Gasteiger charge is 2.10. The molecule has 0 spiro atoms. The van der Waals surface area contributed by atoms with Crippen LogP contribution in [0, 0.1) is 5.82 Å². The van der Waals surface area contributed by atoms with Crippen LogP contribution in [0.2, 0.25) is 10.0 Å². The van der Waals surface area contributed by atoms with Gasteiger partial charge in [0.1, 0.15) is 5.82 Å². The number of rotatable bonds is 3. The van der Waals surface area contributed by atoms with Gasteiger partial charge in [0.2, 0.25) is 0 Å². The molecule has 0 aliphatic rings. The SMILES string of the molecule is NC(Cc1ccc(F)cc1Cl)c1cccc(Cl)c1. The summed E-state index contributed by atoms with van der Waals surface area (Å²) in [7, 11) is 0. The Morgan fingerprint density at radius 3 is 2.56 bits per heavy atom. The molecule has 0 saturated carbocycles. The summed E-state index contributed by atoms with van der Waals surface area (Å²) in [5.41, 5.74) is 7.85. The first-order chi connectivity index (χ1) is 8.56. The van der Waals surface area contributed by atoms with E-state index < -0.39 is 0 Å². The normalized spacial score (nSPS) is 12.4. The molecule has 0 fully saturated rings. The molecule has 0 aromatic heterocycles. The lowest BCUT2D eigenvalue weighted by Gasteiger charge is -2.13. The van der Waals surface area contributed by atoms with Gasteiger partial charge in [-0.15, -0.1) is 0 Å². The lowest BCUT2D eigenvalue weighted by Crippen LogP contribution is -2.13. The van der Waals surface area contributed by atoms with Crippen LogP contribution in [0.25, 0.3) is 0 Å². The summed E-state index contributed by atoms with van der Waals surface area (Å²) in [5, 5.41) is 1.04. The van der Waals surface area contributed by atoms with Crippen molar-refractivity contribution in [3.05, 3.63) is 69.5 Å². The van der Waals surface area contributed by atoms with Crippen molar-refractivity contribution in [3.63, 3.8) is 0 Å². The summed E-state index contributed by atoms with van der Waals surface area (Å²) in [6.45, 7) is 0. The smallest absolute Gasteiger partial charge is 0.124 e. The number of nitrogens with two attached hydrogens (primary N) is 1. The third kappa shape index (κ3) is 3.22. The topological polar surface area (TPSA) is 26.0 Å². The highest BCUT2D eigenvalue weighted by atomic mass is 35.5. The molecule has 0 amide bonds. The summed E-state index contributed by atoms with van der Waals surface area (Å²) in [6, 6.07) is 11.5. The lowest BCUT2D eigenvalue weighted by molar-refractivity contribution is 0.625. The average molecular weight is 284 g/mol. The number of halogens is 3. The average Bonchev–Trinajstić information content (AvgIpc) is 2.32. The van der Waals surface area contributed by atoms with E-state index in [4.69, 9.17) is 28.9 Å². The summed E-state index contributed by atoms with van der Waals surface area (Å²) in [4.78, 5) is 0. The molecule has 1 nitrogen and oxygen atoms in total. The van der Waals surface area contributed by atoms with Gasteiger partial charge in [-0.25, -0.2) is 4.39 Å². The Labute approximate surface area is 115 Å². The third-order valence-corrected chi connectivity index (χ3v) is 3.32. The Kier molecular flexibility index (Phi) is 4.23. The molecule has 0 saturated heterocycles. The van der Waals surface area contributed by atoms with Crippen LogP contribution in [0.5, 0.6) is 0 Å². The minimum atomic E-state index is -0.347. The molecule has 4 heteroatoms. The highest BCUT2D eigenvalue weighted by molar-refractivity contribution is 6.31. The van der Waals surface area contributed by atoms with Crippen molar-refractivity contribution in [2.75, 3.05) is 0 Å². The quantitative estimate of drug-likeness (QED) is 0.889. The second-order valence-electron chi connectivity index (χ2n) is 4.10. The molecule has 0 aliphatic carbocycles. The van der Waals surface area contributed by atoms with Crippen molar-refractivity contribution >= 4 is 23.2 Å². The predicted octanol–water partition coefficient (Wildman–Crippen LogP) is 4.38. The molecule has 18 heavy (non-hydrogen) atoms. The molecule has 2 aromatic rings. The summed E-state index contributed by atoms with van der Waals surface area (Å²) in [6.07, 6.45) is 0.541. The summed E-state index contributed by atoms with van der Waals surface area (Å²) >= 11 is 11.9. The molecular formula is C14H12Cl2FN. The van der Waals surface area contributed by atoms with Gasteiger partial charge in [0.15, 0.2) is 0 Å². The molecule has 2 N–H and O–H groups in total. The molecule has 0 bridgehead atoms. The second-order valence-corrected chi connectivity index (χ2v) is 4.94. The van der Waals surface area contributed by atoms with Gasteiger partial charge in [-0.1, -0.05) is 41.4 Å². The van der Waals surface area contributed by atoms with E-state index in [2.05, 4.69) is 0 Å². The maximum Gasteiger partial charge on any atom is 0.124 e. The maximum atomic E-state index is 12.9. The van der Waals surface area contributed by atoms with Crippen molar-refractivity contribution in [2.24, 2.45) is 5.73 Å². The molecule has 0 radical (unpaired) electrons. The van der Waals surface area contributed by atoms with Crippen molar-refractivity contribution in [1.29, 1.82) is 0 Å². The van der Waals surface area contributed by atoms with Gasteiger partial charge in [-0.2, -0.15) is 0 Å². The van der Waals surface area contributed by atoms with Gasteiger partial charge in [-0.05, 0) is 41.8 Å². The van der Waals surface area contributed by atoms with Crippen LogP contribution in [0.3, 0.4) is 0 Å². The van der Waals surface area contributed by atoms with Crippen LogP contribution in [-0.2, 0) is 6.42 Å². The van der Waals surface area contributed by atoms with Crippen molar-refractivity contribution in [3.8, 4) is 0 Å². The molecule has 2 rings (SSSR count). The molecule has 1 unspecified atom stereocenters. The minimum absolute atomic E-state index is 0.216. The fourth-order valence-electron chi connectivity index (χ4n) is 1.78. The van der Waals surface area contributed by atoms with Crippen LogP contribution in [-0.4, -0.2) is 0 Å². The van der Waals surface area contributed by atoms with Crippen LogP contribution >= 0.6 is 23.2 Å². The standard InChI is InChI=1S/C14H12Cl2FN/c15-11-3-1-2-10(6-11)14(18)7-9-4-5-12(17)8-13(9)16/h1-6,8,14H,7,18H2. The van der Waals surface area contributed by atoms with E-state index in [0.717, 1.165) is 11.1 Å². The molecule has 1 atom stereocenters. The van der Waals surface area contributed by atoms with E-state index in [1.807, 2.05) is 18.2 Å². The van der Waals surface area contributed by atoms with Gasteiger partial charge >= 0.3 is 0 Å². The Morgan fingerprint density at radius 1 is 1.11 bits per heavy atom. The van der Waals surface area contributed by atoms with E-state index in [0.29, 0.717) is 16.5 Å². The third-order valence-electron chi connectivity index (χ3n) is 2.73. The van der Waals surface area contributed by atoms with Crippen molar-refractivity contribution < 1.29 is 4.39 Å². The van der Waals surface area contributed by atoms with Gasteiger partial charge in [0.25, 0.3) is 0 Å². The Balaban J connectivity index is 2.18. The molecular weight excluding hydrogens is 272 g/mol. The molecule has 0 heterocycles. The molecule has 2 aromatic carbocycles. The zero-order valence-corrected chi connectivity index (χ0v) is 11.0. The zero-order chi connectivity index (χ0) is 13.1. The van der Waals surface area contributed by atoms with Crippen LogP contribution < -0.4 is 5.73 Å². The number of hydrogen-bond donors (Lipinski definition) is 1. The second kappa shape index (κ2) is 5.70. The molecule has 94 valence electrons. The molecule has 0 aliphatic heterocycles. The largest absolute Gasteiger partial charge is 0.324 e. The monoisotopic (exact) mass is 283 g/mol. The number of hydrogen-bond acceptors (Lipinski definition) is 1. The van der Waals surface area contributed by atoms with Crippen LogP contribution in [0.15, 0.2) is 42.5 Å². The van der Waals surface area contributed by atoms with Crippen LogP contribution in [0.1, 0.15) is 17.2 Å². The van der Waals surface area contributed by atoms with E-state index >= 15 is 0 Å². The van der Waals surface area contributed by atoms with Gasteiger partial charge in [0, 0.05) is 16.1 Å². The maximum absolute atomic E-state index is 12.9. The Morgan fingerprint density at radius 2 is 1.89 bits per heavy atom. The lowest BCUT2D eigenvalue weighted by atomic mass is 10.00. The first kappa shape index (κ1) is 13.3. The van der Waals surface area contributed by atoms with E-state index in [1.54, 1.807) is 12.1 Å². The van der Waals surface area contributed by atoms with Gasteiger partial charge in [0.05, 0.1) is 0 Å². The van der Waals surface area contributed by atoms with Gasteiger partial charge < -0.3 is 5.73 Å². The fourth-order valence-corrected chi connectivity index (χ4v) is 2.22. The zero-order valence-electron chi connectivity index (χ0n) is 9.54. The van der Waals surface area contributed by atoms with Crippen molar-refractivity contribution in [1.82, 2.24) is 0 Å². The van der Waals surface area contributed by atoms with E-state index in [-0.39, 0.29) is 11.9 Å². The Hall–Kier alpha value is -1.09. The highest BCUT2D eigenvalue weighted by Crippen LogP contribution is 2.24. The first-order valence-corrected chi connectivity index (χ1v) is 6.27. The van der Waals surface area contributed by atoms with E-state index in [9.17, 15) is 4.39 Å². The van der Waals surface area contributed by atoms with Gasteiger partial charge in [-0.3, -0.25) is 0 Å². The number of benzene rings is 2. The summed E-state index contributed by atoms with van der Waals surface area (Å²) in [5.74, 6) is -0.347. The van der Waals surface area contributed by atoms with Crippen LogP contribution in [0.4, 0.5) is 4.39 Å². The minimum Gasteiger partial charge on any atom is -0.324 e. The predicted molar refractivity (Wildman–Crippen MR) is 73.5 cm³/mol. The fraction of sp³-hybridized carbons (Fsp3) is 0.143. The Bertz CT molecular complexity index is 557. The van der Waals surface area contributed by atoms with E-state index in [1.165, 1.54) is 12.1 Å². The summed E-state index contributed by atoms with van der Waals surface area (Å²) < 4.78 is 12.9.